The largest absolute Gasteiger partial charge is 0.454 e. The average Bonchev–Trinajstić information content (AvgIpc) is 3.38. The minimum absolute atomic E-state index is 0.0231. The highest BCUT2D eigenvalue weighted by Crippen LogP contribution is 2.78. The molecule has 7 rings (SSSR count). The number of nitrogens with two attached hydrogens (primary N) is 1. The summed E-state index contributed by atoms with van der Waals surface area (Å²) in [5.74, 6) is 0.280. The minimum atomic E-state index is -0.887. The average molecular weight is 527 g/mol. The second-order valence-corrected chi connectivity index (χ2v) is 12.9. The standard InChI is InChI=1S/C30H42N2O6/c1-5-32-15-28(38-27(33)16-8-6-7-9-20(16)31)11-10-23(36-3)30-18-12-17-21(35-2)14-29(34,24(18)25(17)37-4)19(26(30)32)13-22(28)30/h6-9,17-19,21-26,34H,5,10-15,31H2,1-4H3/t17-,18+,19-,21+,22?,23+,24?,25?,26-,28?,29?,30?/m0/s1. The number of hydrogen-bond acceptors (Lipinski definition) is 8. The van der Waals surface area contributed by atoms with Crippen LogP contribution in [-0.2, 0) is 18.9 Å². The van der Waals surface area contributed by atoms with Crippen molar-refractivity contribution in [2.45, 2.75) is 74.6 Å². The molecule has 7 bridgehead atoms. The third-order valence-electron chi connectivity index (χ3n) is 12.2. The van der Waals surface area contributed by atoms with Crippen molar-refractivity contribution >= 4 is 11.7 Å². The Morgan fingerprint density at radius 2 is 1.92 bits per heavy atom. The Hall–Kier alpha value is -1.71. The zero-order chi connectivity index (χ0) is 26.6. The van der Waals surface area contributed by atoms with Crippen LogP contribution in [0.25, 0.3) is 0 Å². The van der Waals surface area contributed by atoms with Crippen LogP contribution in [-0.4, -0.2) is 86.0 Å². The molecular weight excluding hydrogens is 484 g/mol. The van der Waals surface area contributed by atoms with Crippen molar-refractivity contribution in [3.63, 3.8) is 0 Å². The van der Waals surface area contributed by atoms with E-state index in [1.54, 1.807) is 26.4 Å². The minimum Gasteiger partial charge on any atom is -0.454 e. The number of hydrogen-bond donors (Lipinski definition) is 2. The van der Waals surface area contributed by atoms with Gasteiger partial charge in [0.15, 0.2) is 0 Å². The summed E-state index contributed by atoms with van der Waals surface area (Å²) < 4.78 is 25.3. The highest BCUT2D eigenvalue weighted by atomic mass is 16.6. The summed E-state index contributed by atoms with van der Waals surface area (Å²) in [5, 5.41) is 12.7. The van der Waals surface area contributed by atoms with Crippen LogP contribution >= 0.6 is 0 Å². The summed E-state index contributed by atoms with van der Waals surface area (Å²) in [6, 6.07) is 7.35. The third kappa shape index (κ3) is 2.81. The first kappa shape index (κ1) is 25.3. The van der Waals surface area contributed by atoms with Crippen molar-refractivity contribution in [3.8, 4) is 0 Å². The molecule has 0 aromatic heterocycles. The van der Waals surface area contributed by atoms with Crippen molar-refractivity contribution in [1.82, 2.24) is 4.90 Å². The van der Waals surface area contributed by atoms with Gasteiger partial charge in [-0.15, -0.1) is 0 Å². The number of esters is 1. The number of likely N-dealkylation sites (N-methyl/N-ethyl adjacent to an activating group) is 1. The van der Waals surface area contributed by atoms with Gasteiger partial charge in [-0.3, -0.25) is 4.90 Å². The van der Waals surface area contributed by atoms with E-state index in [0.29, 0.717) is 24.2 Å². The predicted molar refractivity (Wildman–Crippen MR) is 140 cm³/mol. The normalized spacial score (nSPS) is 50.2. The molecular formula is C30H42N2O6. The van der Waals surface area contributed by atoms with Crippen LogP contribution in [0.5, 0.6) is 0 Å². The number of nitrogen functional groups attached to an aromatic ring is 1. The smallest absolute Gasteiger partial charge is 0.340 e. The number of rotatable bonds is 6. The molecule has 1 heterocycles. The van der Waals surface area contributed by atoms with Gasteiger partial charge < -0.3 is 29.8 Å². The maximum absolute atomic E-state index is 13.7. The van der Waals surface area contributed by atoms with Crippen molar-refractivity contribution < 1.29 is 28.8 Å². The predicted octanol–water partition coefficient (Wildman–Crippen LogP) is 2.73. The van der Waals surface area contributed by atoms with Crippen molar-refractivity contribution in [3.05, 3.63) is 29.8 Å². The van der Waals surface area contributed by atoms with Gasteiger partial charge in [-0.2, -0.15) is 0 Å². The lowest BCUT2D eigenvalue weighted by atomic mass is 9.45. The van der Waals surface area contributed by atoms with Crippen LogP contribution in [0.2, 0.25) is 0 Å². The van der Waals surface area contributed by atoms with Crippen LogP contribution in [0.3, 0.4) is 0 Å². The number of likely N-dealkylation sites (tertiary alicyclic amines) is 1. The molecule has 208 valence electrons. The van der Waals surface area contributed by atoms with E-state index in [4.69, 9.17) is 24.7 Å². The summed E-state index contributed by atoms with van der Waals surface area (Å²) in [6.07, 6.45) is 3.96. The number of methoxy groups -OCH3 is 3. The fraction of sp³-hybridized carbons (Fsp3) is 0.767. The Kier molecular flexibility index (Phi) is 5.59. The lowest BCUT2D eigenvalue weighted by molar-refractivity contribution is -0.284. The number of aliphatic hydroxyl groups is 1. The van der Waals surface area contributed by atoms with Crippen molar-refractivity contribution in [1.29, 1.82) is 0 Å². The monoisotopic (exact) mass is 526 g/mol. The Labute approximate surface area is 225 Å². The molecule has 0 amide bonds. The van der Waals surface area contributed by atoms with Gasteiger partial charge in [-0.25, -0.2) is 4.79 Å². The number of para-hydroxylation sites is 1. The van der Waals surface area contributed by atoms with Crippen LogP contribution in [0, 0.1) is 35.0 Å². The van der Waals surface area contributed by atoms with E-state index in [1.807, 2.05) is 19.2 Å². The first-order chi connectivity index (χ1) is 18.3. The fourth-order valence-electron chi connectivity index (χ4n) is 11.3. The highest BCUT2D eigenvalue weighted by molar-refractivity contribution is 5.95. The Morgan fingerprint density at radius 1 is 1.13 bits per heavy atom. The van der Waals surface area contributed by atoms with E-state index in [-0.39, 0.29) is 65.3 Å². The van der Waals surface area contributed by atoms with Gasteiger partial charge in [-0.05, 0) is 50.3 Å². The SMILES string of the molecule is CCN1CC2(OC(=O)c3ccccc3N)CC[C@@H](OC)C34C2C[C@@H]([C@H]13)C1(O)C[C@@H](OC)[C@@H]2C[C@@H]4C1C2OC. The second kappa shape index (κ2) is 8.40. The van der Waals surface area contributed by atoms with Crippen LogP contribution in [0.1, 0.15) is 49.4 Å². The number of fused-ring (bicyclic) bond motifs is 2. The molecule has 38 heavy (non-hydrogen) atoms. The Bertz CT molecular complexity index is 1130. The van der Waals surface area contributed by atoms with E-state index >= 15 is 0 Å². The molecule has 6 unspecified atom stereocenters. The summed E-state index contributed by atoms with van der Waals surface area (Å²) in [5.41, 5.74) is 5.31. The highest BCUT2D eigenvalue weighted by Gasteiger charge is 2.84. The van der Waals surface area contributed by atoms with E-state index < -0.39 is 11.2 Å². The molecule has 1 aliphatic heterocycles. The summed E-state index contributed by atoms with van der Waals surface area (Å²) in [7, 11) is 5.40. The zero-order valence-corrected chi connectivity index (χ0v) is 23.0. The number of carbonyl (C=O) groups excluding carboxylic acids is 1. The second-order valence-electron chi connectivity index (χ2n) is 12.9. The molecule has 1 aromatic carbocycles. The number of benzene rings is 1. The number of piperidine rings is 1. The molecule has 5 saturated carbocycles. The van der Waals surface area contributed by atoms with Gasteiger partial charge in [0.1, 0.15) is 5.60 Å². The molecule has 6 aliphatic rings. The van der Waals surface area contributed by atoms with E-state index in [1.165, 1.54) is 0 Å². The van der Waals surface area contributed by atoms with Crippen molar-refractivity contribution in [2.75, 3.05) is 40.2 Å². The number of carbonyl (C=O) groups is 1. The molecule has 5 aliphatic carbocycles. The Morgan fingerprint density at radius 3 is 2.61 bits per heavy atom. The first-order valence-electron chi connectivity index (χ1n) is 14.4. The van der Waals surface area contributed by atoms with Crippen LogP contribution in [0.4, 0.5) is 5.69 Å². The van der Waals surface area contributed by atoms with Crippen molar-refractivity contribution in [2.24, 2.45) is 35.0 Å². The lowest BCUT2D eigenvalue weighted by Crippen LogP contribution is -2.78. The molecule has 8 heteroatoms. The van der Waals surface area contributed by atoms with E-state index in [9.17, 15) is 9.90 Å². The third-order valence-corrected chi connectivity index (χ3v) is 12.2. The van der Waals surface area contributed by atoms with Gasteiger partial charge in [0.2, 0.25) is 0 Å². The van der Waals surface area contributed by atoms with Gasteiger partial charge in [-0.1, -0.05) is 19.1 Å². The zero-order valence-electron chi connectivity index (χ0n) is 23.0. The van der Waals surface area contributed by atoms with Crippen LogP contribution in [0.15, 0.2) is 24.3 Å². The van der Waals surface area contributed by atoms with E-state index in [0.717, 1.165) is 32.2 Å². The maximum Gasteiger partial charge on any atom is 0.340 e. The van der Waals surface area contributed by atoms with Gasteiger partial charge in [0.25, 0.3) is 0 Å². The maximum atomic E-state index is 13.7. The van der Waals surface area contributed by atoms with Gasteiger partial charge >= 0.3 is 5.97 Å². The molecule has 8 nitrogen and oxygen atoms in total. The molecule has 6 fully saturated rings. The lowest BCUT2D eigenvalue weighted by Gasteiger charge is -2.69. The molecule has 1 aromatic rings. The Balaban J connectivity index is 1.39. The summed E-state index contributed by atoms with van der Waals surface area (Å²) in [4.78, 5) is 16.2. The molecule has 12 atom stereocenters. The topological polar surface area (TPSA) is 103 Å². The summed E-state index contributed by atoms with van der Waals surface area (Å²) >= 11 is 0. The van der Waals surface area contributed by atoms with Gasteiger partial charge in [0.05, 0.1) is 29.5 Å². The first-order valence-corrected chi connectivity index (χ1v) is 14.4. The molecule has 1 spiro atoms. The van der Waals surface area contributed by atoms with Gasteiger partial charge in [0, 0.05) is 75.1 Å². The van der Waals surface area contributed by atoms with Crippen LogP contribution < -0.4 is 5.73 Å². The summed E-state index contributed by atoms with van der Waals surface area (Å²) in [6.45, 7) is 3.71. The molecule has 3 N–H and O–H groups in total. The molecule has 0 radical (unpaired) electrons. The quantitative estimate of drug-likeness (QED) is 0.431. The van der Waals surface area contributed by atoms with E-state index in [2.05, 4.69) is 11.8 Å². The number of anilines is 1. The fourth-order valence-corrected chi connectivity index (χ4v) is 11.3. The molecule has 1 saturated heterocycles. The number of nitrogens with zero attached hydrogens (tertiary/aromatic N) is 1. The number of ether oxygens (including phenoxy) is 4.